The summed E-state index contributed by atoms with van der Waals surface area (Å²) >= 11 is 9.60. The van der Waals surface area contributed by atoms with Gasteiger partial charge in [-0.1, -0.05) is 40.5 Å². The van der Waals surface area contributed by atoms with Gasteiger partial charge in [-0.2, -0.15) is 0 Å². The quantitative estimate of drug-likeness (QED) is 0.835. The van der Waals surface area contributed by atoms with Gasteiger partial charge in [0.2, 0.25) is 5.88 Å². The van der Waals surface area contributed by atoms with Gasteiger partial charge in [-0.05, 0) is 30.7 Å². The number of hydrogen-bond donors (Lipinski definition) is 1. The highest BCUT2D eigenvalue weighted by Gasteiger charge is 2.22. The first-order valence-electron chi connectivity index (χ1n) is 6.70. The van der Waals surface area contributed by atoms with Crippen LogP contribution in [-0.4, -0.2) is 23.6 Å². The molecule has 1 aromatic heterocycles. The van der Waals surface area contributed by atoms with Crippen molar-refractivity contribution in [3.05, 3.63) is 51.3 Å². The van der Waals surface area contributed by atoms with E-state index in [-0.39, 0.29) is 6.04 Å². The molecule has 0 aliphatic carbocycles. The third-order valence-corrected chi connectivity index (χ3v) is 3.95. The third kappa shape index (κ3) is 3.93. The van der Waals surface area contributed by atoms with Crippen molar-refractivity contribution in [3.8, 4) is 5.88 Å². The van der Waals surface area contributed by atoms with E-state index in [1.165, 1.54) is 0 Å². The fourth-order valence-electron chi connectivity index (χ4n) is 2.07. The van der Waals surface area contributed by atoms with E-state index >= 15 is 0 Å². The van der Waals surface area contributed by atoms with E-state index in [2.05, 4.69) is 38.1 Å². The Kier molecular flexibility index (Phi) is 5.96. The number of aromatic nitrogens is 2. The Balaban J connectivity index is 2.47. The zero-order valence-electron chi connectivity index (χ0n) is 11.9. The highest BCUT2D eigenvalue weighted by atomic mass is 79.9. The zero-order chi connectivity index (χ0) is 15.2. The second-order valence-corrected chi connectivity index (χ2v) is 5.79. The van der Waals surface area contributed by atoms with Crippen LogP contribution in [0.1, 0.15) is 30.6 Å². The monoisotopic (exact) mass is 369 g/mol. The Bertz CT molecular complexity index is 609. The summed E-state index contributed by atoms with van der Waals surface area (Å²) in [6, 6.07) is 5.61. The number of ether oxygens (including phenoxy) is 1. The molecular formula is C15H17BrClN3O. The maximum Gasteiger partial charge on any atom is 0.237 e. The molecule has 0 aliphatic heterocycles. The molecule has 0 amide bonds. The first-order chi connectivity index (χ1) is 10.2. The molecule has 112 valence electrons. The smallest absolute Gasteiger partial charge is 0.237 e. The Hall–Kier alpha value is -1.17. The molecule has 2 rings (SSSR count). The van der Waals surface area contributed by atoms with Crippen LogP contribution in [0, 0.1) is 0 Å². The van der Waals surface area contributed by atoms with Gasteiger partial charge >= 0.3 is 0 Å². The van der Waals surface area contributed by atoms with Crippen LogP contribution in [0.15, 0.2) is 35.1 Å². The second kappa shape index (κ2) is 7.73. The molecule has 1 heterocycles. The number of nitrogens with one attached hydrogen (secondary N) is 1. The number of methoxy groups -OCH3 is 1. The molecule has 0 bridgehead atoms. The lowest BCUT2D eigenvalue weighted by atomic mass is 10.0. The van der Waals surface area contributed by atoms with Gasteiger partial charge < -0.3 is 10.1 Å². The van der Waals surface area contributed by atoms with Gasteiger partial charge in [-0.3, -0.25) is 4.98 Å². The standard InChI is InChI=1S/C15H17BrClN3O/c1-3-6-18-13(11-5-4-10(17)9-12(11)16)14-15(21-2)20-8-7-19-14/h4-5,7-9,13,18H,3,6H2,1-2H3. The van der Waals surface area contributed by atoms with E-state index < -0.39 is 0 Å². The van der Waals surface area contributed by atoms with Crippen LogP contribution in [0.2, 0.25) is 5.02 Å². The van der Waals surface area contributed by atoms with Crippen LogP contribution in [0.4, 0.5) is 0 Å². The average molecular weight is 371 g/mol. The van der Waals surface area contributed by atoms with Gasteiger partial charge in [0, 0.05) is 21.9 Å². The van der Waals surface area contributed by atoms with Crippen LogP contribution < -0.4 is 10.1 Å². The summed E-state index contributed by atoms with van der Waals surface area (Å²) in [5.41, 5.74) is 1.81. The minimum Gasteiger partial charge on any atom is -0.480 e. The summed E-state index contributed by atoms with van der Waals surface area (Å²) in [5, 5.41) is 4.17. The summed E-state index contributed by atoms with van der Waals surface area (Å²) < 4.78 is 6.26. The summed E-state index contributed by atoms with van der Waals surface area (Å²) in [6.07, 6.45) is 4.31. The first-order valence-corrected chi connectivity index (χ1v) is 7.87. The highest BCUT2D eigenvalue weighted by Crippen LogP contribution is 2.32. The number of benzene rings is 1. The van der Waals surface area contributed by atoms with E-state index in [1.54, 1.807) is 19.5 Å². The maximum atomic E-state index is 6.03. The van der Waals surface area contributed by atoms with Crippen molar-refractivity contribution in [3.63, 3.8) is 0 Å². The van der Waals surface area contributed by atoms with E-state index in [4.69, 9.17) is 16.3 Å². The molecule has 0 aliphatic rings. The Morgan fingerprint density at radius 3 is 2.76 bits per heavy atom. The van der Waals surface area contributed by atoms with Crippen molar-refractivity contribution < 1.29 is 4.74 Å². The Morgan fingerprint density at radius 1 is 1.33 bits per heavy atom. The molecule has 6 heteroatoms. The predicted molar refractivity (Wildman–Crippen MR) is 87.9 cm³/mol. The fraction of sp³-hybridized carbons (Fsp3) is 0.333. The maximum absolute atomic E-state index is 6.03. The van der Waals surface area contributed by atoms with Gasteiger partial charge in [-0.15, -0.1) is 0 Å². The molecule has 1 unspecified atom stereocenters. The molecule has 4 nitrogen and oxygen atoms in total. The van der Waals surface area contributed by atoms with Gasteiger partial charge in [0.1, 0.15) is 5.69 Å². The lowest BCUT2D eigenvalue weighted by Crippen LogP contribution is -2.25. The van der Waals surface area contributed by atoms with Gasteiger partial charge in [0.05, 0.1) is 13.2 Å². The molecule has 0 spiro atoms. The van der Waals surface area contributed by atoms with Crippen molar-refractivity contribution in [1.29, 1.82) is 0 Å². The SMILES string of the molecule is CCCNC(c1ccc(Cl)cc1Br)c1nccnc1OC. The van der Waals surface area contributed by atoms with Crippen molar-refractivity contribution in [2.75, 3.05) is 13.7 Å². The van der Waals surface area contributed by atoms with Gasteiger partial charge in [-0.25, -0.2) is 4.98 Å². The fourth-order valence-corrected chi connectivity index (χ4v) is 2.98. The predicted octanol–water partition coefficient (Wildman–Crippen LogP) is 3.99. The molecule has 0 saturated carbocycles. The number of nitrogens with zero attached hydrogens (tertiary/aromatic N) is 2. The lowest BCUT2D eigenvalue weighted by molar-refractivity contribution is 0.382. The molecule has 0 saturated heterocycles. The second-order valence-electron chi connectivity index (χ2n) is 4.50. The Labute approximate surface area is 138 Å². The summed E-state index contributed by atoms with van der Waals surface area (Å²) in [5.74, 6) is 0.521. The molecule has 1 N–H and O–H groups in total. The normalized spacial score (nSPS) is 12.2. The third-order valence-electron chi connectivity index (χ3n) is 3.03. The molecule has 1 atom stereocenters. The number of rotatable bonds is 6. The van der Waals surface area contributed by atoms with Crippen LogP contribution in [0.25, 0.3) is 0 Å². The van der Waals surface area contributed by atoms with Crippen molar-refractivity contribution in [1.82, 2.24) is 15.3 Å². The van der Waals surface area contributed by atoms with Gasteiger partial charge in [0.25, 0.3) is 0 Å². The van der Waals surface area contributed by atoms with E-state index in [9.17, 15) is 0 Å². The topological polar surface area (TPSA) is 47.0 Å². The molecule has 21 heavy (non-hydrogen) atoms. The summed E-state index contributed by atoms with van der Waals surface area (Å²) in [4.78, 5) is 8.67. The molecule has 2 aromatic rings. The number of halogens is 2. The minimum atomic E-state index is -0.111. The molecule has 0 radical (unpaired) electrons. The van der Waals surface area contributed by atoms with E-state index in [0.29, 0.717) is 10.9 Å². The number of hydrogen-bond acceptors (Lipinski definition) is 4. The van der Waals surface area contributed by atoms with Crippen LogP contribution in [0.5, 0.6) is 5.88 Å². The largest absolute Gasteiger partial charge is 0.480 e. The average Bonchev–Trinajstić information content (AvgIpc) is 2.49. The first kappa shape index (κ1) is 16.2. The van der Waals surface area contributed by atoms with E-state index in [1.807, 2.05) is 18.2 Å². The minimum absolute atomic E-state index is 0.111. The van der Waals surface area contributed by atoms with Crippen molar-refractivity contribution in [2.24, 2.45) is 0 Å². The van der Waals surface area contributed by atoms with Crippen molar-refractivity contribution in [2.45, 2.75) is 19.4 Å². The van der Waals surface area contributed by atoms with E-state index in [0.717, 1.165) is 28.7 Å². The summed E-state index contributed by atoms with van der Waals surface area (Å²) in [6.45, 7) is 2.98. The lowest BCUT2D eigenvalue weighted by Gasteiger charge is -2.21. The molecule has 1 aromatic carbocycles. The van der Waals surface area contributed by atoms with Gasteiger partial charge in [0.15, 0.2) is 0 Å². The van der Waals surface area contributed by atoms with Crippen LogP contribution in [0.3, 0.4) is 0 Å². The highest BCUT2D eigenvalue weighted by molar-refractivity contribution is 9.10. The molecule has 0 fully saturated rings. The van der Waals surface area contributed by atoms with Crippen LogP contribution >= 0.6 is 27.5 Å². The van der Waals surface area contributed by atoms with Crippen LogP contribution in [-0.2, 0) is 0 Å². The molecular weight excluding hydrogens is 354 g/mol. The van der Waals surface area contributed by atoms with Crippen molar-refractivity contribution >= 4 is 27.5 Å². The zero-order valence-corrected chi connectivity index (χ0v) is 14.3. The summed E-state index contributed by atoms with van der Waals surface area (Å²) in [7, 11) is 1.60. The Morgan fingerprint density at radius 2 is 2.10 bits per heavy atom.